The second kappa shape index (κ2) is 15.3. The number of ether oxygens (including phenoxy) is 1. The number of hydrogen-bond donors (Lipinski definition) is 6. The number of anilines is 1. The molecule has 5 aromatic rings. The molecule has 1 saturated carbocycles. The van der Waals surface area contributed by atoms with Crippen LogP contribution in [0.5, 0.6) is 5.75 Å². The molecule has 2 aromatic carbocycles. The van der Waals surface area contributed by atoms with Crippen molar-refractivity contribution in [2.75, 3.05) is 25.5 Å². The Morgan fingerprint density at radius 1 is 1.10 bits per heavy atom. The van der Waals surface area contributed by atoms with Gasteiger partial charge in [0.1, 0.15) is 17.4 Å². The van der Waals surface area contributed by atoms with Crippen molar-refractivity contribution in [3.8, 4) is 5.75 Å². The number of nitrogens with one attached hydrogen (secondary N) is 3. The number of nitrogens with zero attached hydrogens (tertiary/aromatic N) is 1. The molecule has 2 unspecified atom stereocenters. The quantitative estimate of drug-likeness (QED) is 0.0834. The van der Waals surface area contributed by atoms with Gasteiger partial charge in [-0.15, -0.1) is 22.7 Å². The molecule has 0 saturated heterocycles. The molecular weight excluding hydrogens is 697 g/mol. The Morgan fingerprint density at radius 3 is 2.44 bits per heavy atom. The van der Waals surface area contributed by atoms with Crippen LogP contribution in [0.3, 0.4) is 0 Å². The molecule has 1 aliphatic carbocycles. The number of thiazole rings is 1. The summed E-state index contributed by atoms with van der Waals surface area (Å²) in [4.78, 5) is 43.2. The molecule has 1 amide bonds. The van der Waals surface area contributed by atoms with E-state index in [1.807, 2.05) is 60.1 Å². The highest BCUT2D eigenvalue weighted by atomic mass is 32.1. The first-order valence-electron chi connectivity index (χ1n) is 16.1. The van der Waals surface area contributed by atoms with Crippen molar-refractivity contribution in [1.82, 2.24) is 15.2 Å². The Morgan fingerprint density at radius 2 is 1.80 bits per heavy atom. The topological polar surface area (TPSA) is 164 Å². The van der Waals surface area contributed by atoms with Crippen molar-refractivity contribution in [3.63, 3.8) is 0 Å². The zero-order valence-corrected chi connectivity index (χ0v) is 29.9. The number of thiophene rings is 2. The zero-order chi connectivity index (χ0) is 35.4. The van der Waals surface area contributed by atoms with Crippen LogP contribution in [0, 0.1) is 5.92 Å². The predicted molar refractivity (Wildman–Crippen MR) is 196 cm³/mol. The van der Waals surface area contributed by atoms with Crippen molar-refractivity contribution in [1.29, 1.82) is 0 Å². The standard InChI is InChI=1S/C36H38N4O7S3/c1-3-24-22(16-28(24)47-34(44)36(46,29-6-4-14-48-29)30-7-5-15-49-30)19-40(2)20-31(43)38-23-10-8-21(9-11-23)17-37-18-27(42)25-12-13-26(41)32-33(25)50-35(45)39-32/h4-15,19,24,27-28,37,41-42,46H,3,16-18,20H2,1-2H3,(H,38,43)(H,39,45)/b22-19-/t24?,27-,28?/m0/s1. The van der Waals surface area contributed by atoms with Gasteiger partial charge >= 0.3 is 10.8 Å². The lowest BCUT2D eigenvalue weighted by Crippen LogP contribution is -2.45. The summed E-state index contributed by atoms with van der Waals surface area (Å²) in [6.07, 6.45) is 1.97. The van der Waals surface area contributed by atoms with Gasteiger partial charge in [0.05, 0.1) is 27.1 Å². The number of benzene rings is 2. The number of aromatic amines is 1. The molecule has 6 rings (SSSR count). The van der Waals surface area contributed by atoms with Crippen molar-refractivity contribution in [2.24, 2.45) is 5.92 Å². The number of phenolic OH excluding ortho intramolecular Hbond substituents is 1. The van der Waals surface area contributed by atoms with Crippen LogP contribution in [0.1, 0.15) is 46.8 Å². The average Bonchev–Trinajstić information content (AvgIpc) is 3.88. The number of aromatic hydroxyl groups is 1. The molecule has 0 bridgehead atoms. The number of carbonyl (C=O) groups excluding carboxylic acids is 2. The minimum Gasteiger partial charge on any atom is -0.506 e. The van der Waals surface area contributed by atoms with E-state index in [0.29, 0.717) is 44.2 Å². The summed E-state index contributed by atoms with van der Waals surface area (Å²) in [6, 6.07) is 17.6. The van der Waals surface area contributed by atoms with Crippen LogP contribution in [0.4, 0.5) is 5.69 Å². The number of carbonyl (C=O) groups is 2. The van der Waals surface area contributed by atoms with E-state index < -0.39 is 17.7 Å². The zero-order valence-electron chi connectivity index (χ0n) is 27.4. The van der Waals surface area contributed by atoms with Crippen LogP contribution in [-0.2, 0) is 26.5 Å². The average molecular weight is 735 g/mol. The molecule has 3 aromatic heterocycles. The number of hydrogen-bond acceptors (Lipinski definition) is 12. The van der Waals surface area contributed by atoms with E-state index in [4.69, 9.17) is 4.74 Å². The molecule has 1 aliphatic rings. The van der Waals surface area contributed by atoms with Gasteiger partial charge < -0.3 is 40.6 Å². The van der Waals surface area contributed by atoms with Gasteiger partial charge in [0.25, 0.3) is 0 Å². The third kappa shape index (κ3) is 7.55. The summed E-state index contributed by atoms with van der Waals surface area (Å²) in [5.74, 6) is -0.905. The van der Waals surface area contributed by atoms with E-state index in [2.05, 4.69) is 15.6 Å². The Bertz CT molecular complexity index is 1990. The SMILES string of the molecule is CCC1/C(=C\N(C)CC(=O)Nc2ccc(CNC[C@H](O)c3ccc(O)c4[nH]c(=O)sc34)cc2)CC1OC(=O)C(O)(c1cccs1)c1cccs1. The number of aliphatic hydroxyl groups excluding tert-OH is 1. The Labute approximate surface area is 300 Å². The summed E-state index contributed by atoms with van der Waals surface area (Å²) >= 11 is 3.57. The van der Waals surface area contributed by atoms with Gasteiger partial charge in [-0.25, -0.2) is 4.79 Å². The number of phenols is 1. The molecule has 3 heterocycles. The smallest absolute Gasteiger partial charge is 0.349 e. The molecule has 1 fully saturated rings. The molecule has 11 nitrogen and oxygen atoms in total. The maximum Gasteiger partial charge on any atom is 0.349 e. The fourth-order valence-electron chi connectivity index (χ4n) is 6.14. The molecule has 3 atom stereocenters. The number of aliphatic hydroxyl groups is 2. The molecule has 0 spiro atoms. The number of aromatic nitrogens is 1. The van der Waals surface area contributed by atoms with Crippen molar-refractivity contribution >= 4 is 61.8 Å². The summed E-state index contributed by atoms with van der Waals surface area (Å²) in [5, 5.41) is 42.0. The largest absolute Gasteiger partial charge is 0.506 e. The predicted octanol–water partition coefficient (Wildman–Crippen LogP) is 5.27. The number of likely N-dealkylation sites (N-methyl/N-ethyl adjacent to an activating group) is 1. The van der Waals surface area contributed by atoms with Gasteiger partial charge in [0.2, 0.25) is 11.5 Å². The third-order valence-corrected chi connectivity index (χ3v) is 11.6. The first-order chi connectivity index (χ1) is 24.1. The molecule has 6 N–H and O–H groups in total. The highest BCUT2D eigenvalue weighted by molar-refractivity contribution is 7.16. The number of H-pyrrole nitrogens is 1. The van der Waals surface area contributed by atoms with Gasteiger partial charge in [0.15, 0.2) is 0 Å². The van der Waals surface area contributed by atoms with Gasteiger partial charge in [-0.2, -0.15) is 0 Å². The Kier molecular flexibility index (Phi) is 10.9. The van der Waals surface area contributed by atoms with Crippen LogP contribution >= 0.6 is 34.0 Å². The Balaban J connectivity index is 0.967. The minimum absolute atomic E-state index is 0.00959. The lowest BCUT2D eigenvalue weighted by Gasteiger charge is -2.40. The second-order valence-corrected chi connectivity index (χ2v) is 15.1. The van der Waals surface area contributed by atoms with Crippen molar-refractivity contribution < 1.29 is 29.6 Å². The van der Waals surface area contributed by atoms with Crippen molar-refractivity contribution in [3.05, 3.63) is 114 Å². The molecular formula is C36H38N4O7S3. The van der Waals surface area contributed by atoms with Gasteiger partial charge in [-0.1, -0.05) is 48.6 Å². The summed E-state index contributed by atoms with van der Waals surface area (Å²) in [5.41, 5.74) is 1.73. The molecule has 14 heteroatoms. The normalized spacial score (nSPS) is 17.4. The number of amides is 1. The first kappa shape index (κ1) is 35.5. The molecule has 262 valence electrons. The highest BCUT2D eigenvalue weighted by Gasteiger charge is 2.47. The minimum atomic E-state index is -1.85. The fourth-order valence-corrected chi connectivity index (χ4v) is 8.77. The van der Waals surface area contributed by atoms with E-state index in [1.54, 1.807) is 30.3 Å². The van der Waals surface area contributed by atoms with Crippen LogP contribution in [-0.4, -0.2) is 63.3 Å². The lowest BCUT2D eigenvalue weighted by molar-refractivity contribution is -0.172. The van der Waals surface area contributed by atoms with Gasteiger partial charge in [-0.05, 0) is 64.8 Å². The first-order valence-corrected chi connectivity index (χ1v) is 18.7. The summed E-state index contributed by atoms with van der Waals surface area (Å²) < 4.78 is 6.44. The maximum atomic E-state index is 13.4. The third-order valence-electron chi connectivity index (χ3n) is 8.74. The van der Waals surface area contributed by atoms with Gasteiger partial charge in [-0.3, -0.25) is 9.59 Å². The van der Waals surface area contributed by atoms with E-state index in [1.165, 1.54) is 28.7 Å². The lowest BCUT2D eigenvalue weighted by atomic mass is 9.75. The monoisotopic (exact) mass is 734 g/mol. The molecule has 50 heavy (non-hydrogen) atoms. The molecule has 0 aliphatic heterocycles. The number of rotatable bonds is 14. The molecule has 0 radical (unpaired) electrons. The maximum absolute atomic E-state index is 13.4. The highest BCUT2D eigenvalue weighted by Crippen LogP contribution is 2.42. The fraction of sp³-hybridized carbons (Fsp3) is 0.306. The van der Waals surface area contributed by atoms with Crippen LogP contribution in [0.25, 0.3) is 10.2 Å². The van der Waals surface area contributed by atoms with E-state index in [-0.39, 0.29) is 41.6 Å². The summed E-state index contributed by atoms with van der Waals surface area (Å²) in [6.45, 7) is 2.87. The van der Waals surface area contributed by atoms with Gasteiger partial charge in [0, 0.05) is 43.7 Å². The van der Waals surface area contributed by atoms with E-state index in [9.17, 15) is 29.7 Å². The van der Waals surface area contributed by atoms with Crippen LogP contribution < -0.4 is 15.5 Å². The van der Waals surface area contributed by atoms with Crippen LogP contribution in [0.15, 0.2) is 88.0 Å². The van der Waals surface area contributed by atoms with Crippen LogP contribution in [0.2, 0.25) is 0 Å². The van der Waals surface area contributed by atoms with E-state index >= 15 is 0 Å². The number of esters is 1. The Hall–Kier alpha value is -4.31. The second-order valence-electron chi connectivity index (χ2n) is 12.2. The van der Waals surface area contributed by atoms with E-state index in [0.717, 1.165) is 28.9 Å². The number of fused-ring (bicyclic) bond motifs is 1. The van der Waals surface area contributed by atoms with Crippen molar-refractivity contribution in [2.45, 2.75) is 44.1 Å². The summed E-state index contributed by atoms with van der Waals surface area (Å²) in [7, 11) is 1.83.